The highest BCUT2D eigenvalue weighted by Gasteiger charge is 2.12. The second-order valence-corrected chi connectivity index (χ2v) is 5.38. The van der Waals surface area contributed by atoms with Crippen LogP contribution in [0.3, 0.4) is 0 Å². The van der Waals surface area contributed by atoms with Gasteiger partial charge >= 0.3 is 0 Å². The lowest BCUT2D eigenvalue weighted by molar-refractivity contribution is 0.270. The van der Waals surface area contributed by atoms with E-state index >= 15 is 0 Å². The Morgan fingerprint density at radius 1 is 1.06 bits per heavy atom. The van der Waals surface area contributed by atoms with Gasteiger partial charge in [0.05, 0.1) is 6.61 Å². The predicted molar refractivity (Wildman–Crippen MR) is 69.4 cm³/mol. The molecule has 0 spiro atoms. The third-order valence-electron chi connectivity index (χ3n) is 3.23. The largest absolute Gasteiger partial charge is 0.310 e. The topological polar surface area (TPSA) is 9.23 Å². The summed E-state index contributed by atoms with van der Waals surface area (Å²) < 4.78 is 5.64. The molecular formula is C14H20OS. The predicted octanol–water partition coefficient (Wildman–Crippen LogP) is 4.68. The Morgan fingerprint density at radius 2 is 1.81 bits per heavy atom. The van der Waals surface area contributed by atoms with Gasteiger partial charge in [-0.25, -0.2) is 0 Å². The van der Waals surface area contributed by atoms with E-state index in [2.05, 4.69) is 12.1 Å². The first-order valence-electron chi connectivity index (χ1n) is 6.29. The zero-order valence-electron chi connectivity index (χ0n) is 9.73. The summed E-state index contributed by atoms with van der Waals surface area (Å²) in [5, 5.41) is 0. The first kappa shape index (κ1) is 12.0. The highest BCUT2D eigenvalue weighted by atomic mass is 32.2. The lowest BCUT2D eigenvalue weighted by atomic mass is 9.87. The molecule has 0 saturated heterocycles. The summed E-state index contributed by atoms with van der Waals surface area (Å²) >= 11 is 1.51. The van der Waals surface area contributed by atoms with Crippen molar-refractivity contribution in [2.75, 3.05) is 6.61 Å². The summed E-state index contributed by atoms with van der Waals surface area (Å²) in [5.41, 5.74) is 0. The van der Waals surface area contributed by atoms with Crippen LogP contribution >= 0.6 is 12.0 Å². The normalized spacial score (nSPS) is 17.5. The van der Waals surface area contributed by atoms with Gasteiger partial charge in [-0.2, -0.15) is 0 Å². The molecule has 1 nitrogen and oxygen atoms in total. The maximum atomic E-state index is 5.64. The van der Waals surface area contributed by atoms with Crippen molar-refractivity contribution in [3.05, 3.63) is 30.3 Å². The molecule has 88 valence electrons. The van der Waals surface area contributed by atoms with Crippen LogP contribution in [0.15, 0.2) is 35.2 Å². The van der Waals surface area contributed by atoms with Crippen molar-refractivity contribution in [3.63, 3.8) is 0 Å². The molecule has 0 amide bonds. The maximum absolute atomic E-state index is 5.64. The maximum Gasteiger partial charge on any atom is 0.0621 e. The Hall–Kier alpha value is -0.470. The summed E-state index contributed by atoms with van der Waals surface area (Å²) in [7, 11) is 0. The summed E-state index contributed by atoms with van der Waals surface area (Å²) in [6.07, 6.45) is 8.36. The molecule has 16 heavy (non-hydrogen) atoms. The van der Waals surface area contributed by atoms with E-state index in [1.54, 1.807) is 0 Å². The monoisotopic (exact) mass is 236 g/mol. The van der Waals surface area contributed by atoms with Crippen LogP contribution in [0.5, 0.6) is 0 Å². The number of hydrogen-bond donors (Lipinski definition) is 0. The minimum absolute atomic E-state index is 0.893. The zero-order chi connectivity index (χ0) is 11.1. The van der Waals surface area contributed by atoms with E-state index in [4.69, 9.17) is 4.18 Å². The van der Waals surface area contributed by atoms with Gasteiger partial charge in [0, 0.05) is 16.9 Å². The molecule has 1 fully saturated rings. The van der Waals surface area contributed by atoms with Crippen molar-refractivity contribution in [1.29, 1.82) is 0 Å². The molecule has 0 aliphatic heterocycles. The molecule has 2 heteroatoms. The Bertz CT molecular complexity index is 280. The van der Waals surface area contributed by atoms with Crippen LogP contribution < -0.4 is 0 Å². The van der Waals surface area contributed by atoms with E-state index in [0.29, 0.717) is 0 Å². The van der Waals surface area contributed by atoms with E-state index in [9.17, 15) is 0 Å². The van der Waals surface area contributed by atoms with E-state index < -0.39 is 0 Å². The summed E-state index contributed by atoms with van der Waals surface area (Å²) in [4.78, 5) is 1.20. The molecule has 0 heterocycles. The van der Waals surface area contributed by atoms with E-state index in [1.807, 2.05) is 18.2 Å². The van der Waals surface area contributed by atoms with Crippen LogP contribution in [-0.2, 0) is 4.18 Å². The minimum Gasteiger partial charge on any atom is -0.310 e. The first-order valence-corrected chi connectivity index (χ1v) is 7.04. The fraction of sp³-hybridized carbons (Fsp3) is 0.571. The summed E-state index contributed by atoms with van der Waals surface area (Å²) in [5.74, 6) is 0.921. The second-order valence-electron chi connectivity index (χ2n) is 4.51. The molecule has 1 aliphatic rings. The van der Waals surface area contributed by atoms with Gasteiger partial charge < -0.3 is 4.18 Å². The average molecular weight is 236 g/mol. The van der Waals surface area contributed by atoms with Crippen LogP contribution in [0, 0.1) is 5.92 Å². The van der Waals surface area contributed by atoms with E-state index in [1.165, 1.54) is 55.5 Å². The Kier molecular flexibility index (Phi) is 5.23. The molecule has 1 aromatic carbocycles. The van der Waals surface area contributed by atoms with Gasteiger partial charge in [0.1, 0.15) is 0 Å². The highest BCUT2D eigenvalue weighted by Crippen LogP contribution is 2.27. The highest BCUT2D eigenvalue weighted by molar-refractivity contribution is 7.94. The Labute approximate surface area is 103 Å². The van der Waals surface area contributed by atoms with Crippen molar-refractivity contribution >= 4 is 12.0 Å². The van der Waals surface area contributed by atoms with Gasteiger partial charge in [0.15, 0.2) is 0 Å². The van der Waals surface area contributed by atoms with Crippen LogP contribution in [0.4, 0.5) is 0 Å². The van der Waals surface area contributed by atoms with Crippen molar-refractivity contribution < 1.29 is 4.18 Å². The van der Waals surface area contributed by atoms with Gasteiger partial charge in [-0.1, -0.05) is 50.3 Å². The molecule has 0 N–H and O–H groups in total. The Morgan fingerprint density at radius 3 is 2.56 bits per heavy atom. The molecule has 1 aromatic rings. The quantitative estimate of drug-likeness (QED) is 0.542. The molecule has 0 radical (unpaired) electrons. The van der Waals surface area contributed by atoms with Gasteiger partial charge in [0.25, 0.3) is 0 Å². The van der Waals surface area contributed by atoms with Crippen LogP contribution in [0.1, 0.15) is 38.5 Å². The van der Waals surface area contributed by atoms with Gasteiger partial charge in [0.2, 0.25) is 0 Å². The molecule has 0 aromatic heterocycles. The van der Waals surface area contributed by atoms with Gasteiger partial charge in [-0.05, 0) is 24.5 Å². The molecular weight excluding hydrogens is 216 g/mol. The zero-order valence-corrected chi connectivity index (χ0v) is 10.5. The fourth-order valence-electron chi connectivity index (χ4n) is 2.28. The van der Waals surface area contributed by atoms with E-state index in [-0.39, 0.29) is 0 Å². The van der Waals surface area contributed by atoms with Crippen molar-refractivity contribution in [2.24, 2.45) is 5.92 Å². The molecule has 0 atom stereocenters. The third kappa shape index (κ3) is 4.18. The molecule has 0 bridgehead atoms. The molecule has 1 aliphatic carbocycles. The number of rotatable bonds is 5. The van der Waals surface area contributed by atoms with Crippen molar-refractivity contribution in [1.82, 2.24) is 0 Å². The molecule has 0 unspecified atom stereocenters. The van der Waals surface area contributed by atoms with Gasteiger partial charge in [-0.3, -0.25) is 0 Å². The average Bonchev–Trinajstić information content (AvgIpc) is 2.37. The van der Waals surface area contributed by atoms with Gasteiger partial charge in [-0.15, -0.1) is 0 Å². The minimum atomic E-state index is 0.893. The van der Waals surface area contributed by atoms with Crippen molar-refractivity contribution in [2.45, 2.75) is 43.4 Å². The Balaban J connectivity index is 1.58. The lowest BCUT2D eigenvalue weighted by Gasteiger charge is -2.20. The summed E-state index contributed by atoms with van der Waals surface area (Å²) in [6.45, 7) is 0.893. The van der Waals surface area contributed by atoms with Crippen LogP contribution in [-0.4, -0.2) is 6.61 Å². The second kappa shape index (κ2) is 6.97. The number of hydrogen-bond acceptors (Lipinski definition) is 2. The fourth-order valence-corrected chi connectivity index (χ4v) is 2.86. The summed E-state index contributed by atoms with van der Waals surface area (Å²) in [6, 6.07) is 10.3. The molecule has 1 saturated carbocycles. The smallest absolute Gasteiger partial charge is 0.0621 e. The molecule has 2 rings (SSSR count). The SMILES string of the molecule is c1ccc(SOCCC2CCCCC2)cc1. The standard InChI is InChI=1S/C14H20OS/c1-3-7-13(8-4-1)11-12-15-16-14-9-5-2-6-10-14/h2,5-6,9-10,13H,1,3-4,7-8,11-12H2. The number of benzene rings is 1. The van der Waals surface area contributed by atoms with Crippen LogP contribution in [0.2, 0.25) is 0 Å². The first-order chi connectivity index (χ1) is 7.95. The van der Waals surface area contributed by atoms with Crippen LogP contribution in [0.25, 0.3) is 0 Å². The lowest BCUT2D eigenvalue weighted by Crippen LogP contribution is -2.08. The third-order valence-corrected chi connectivity index (χ3v) is 3.98. The van der Waals surface area contributed by atoms with E-state index in [0.717, 1.165) is 12.5 Å². The van der Waals surface area contributed by atoms with Crippen molar-refractivity contribution in [3.8, 4) is 0 Å².